The van der Waals surface area contributed by atoms with Crippen molar-refractivity contribution in [3.05, 3.63) is 53.6 Å². The zero-order valence-electron chi connectivity index (χ0n) is 18.6. The van der Waals surface area contributed by atoms with Gasteiger partial charge in [0.05, 0.1) is 21.3 Å². The summed E-state index contributed by atoms with van der Waals surface area (Å²) in [4.78, 5) is 29.5. The molecular formula is C24H30N2O5. The number of hydrogen-bond acceptors (Lipinski definition) is 5. The number of piperidine rings is 1. The van der Waals surface area contributed by atoms with E-state index in [1.165, 1.54) is 21.3 Å². The molecule has 0 aliphatic carbocycles. The summed E-state index contributed by atoms with van der Waals surface area (Å²) in [6, 6.07) is 13.3. The summed E-state index contributed by atoms with van der Waals surface area (Å²) in [5.41, 5.74) is 1.58. The van der Waals surface area contributed by atoms with Gasteiger partial charge in [-0.2, -0.15) is 0 Å². The number of carbonyl (C=O) groups is 2. The minimum atomic E-state index is -0.109. The highest BCUT2D eigenvalue weighted by atomic mass is 16.5. The Balaban J connectivity index is 1.62. The van der Waals surface area contributed by atoms with Crippen molar-refractivity contribution < 1.29 is 23.8 Å². The molecule has 1 saturated heterocycles. The number of rotatable bonds is 7. The molecule has 2 aromatic rings. The van der Waals surface area contributed by atoms with Crippen molar-refractivity contribution in [2.45, 2.75) is 19.4 Å². The largest absolute Gasteiger partial charge is 0.493 e. The number of benzene rings is 2. The second-order valence-corrected chi connectivity index (χ2v) is 7.66. The number of hydrogen-bond donors (Lipinski definition) is 0. The Bertz CT molecular complexity index is 882. The Morgan fingerprint density at radius 2 is 1.55 bits per heavy atom. The Labute approximate surface area is 183 Å². The Morgan fingerprint density at radius 3 is 2.06 bits per heavy atom. The van der Waals surface area contributed by atoms with Crippen LogP contribution in [0.5, 0.6) is 17.2 Å². The van der Waals surface area contributed by atoms with Crippen LogP contribution in [0.25, 0.3) is 0 Å². The molecule has 7 heteroatoms. The molecule has 1 fully saturated rings. The quantitative estimate of drug-likeness (QED) is 0.680. The molecule has 1 aliphatic rings. The summed E-state index contributed by atoms with van der Waals surface area (Å²) in [6.45, 7) is 1.65. The Kier molecular flexibility index (Phi) is 7.39. The Hall–Kier alpha value is -3.22. The van der Waals surface area contributed by atoms with Crippen LogP contribution in [0.1, 0.15) is 28.8 Å². The maximum atomic E-state index is 13.1. The fraction of sp³-hybridized carbons (Fsp3) is 0.417. The van der Waals surface area contributed by atoms with Crippen LogP contribution in [0.15, 0.2) is 42.5 Å². The van der Waals surface area contributed by atoms with E-state index in [4.69, 9.17) is 14.2 Å². The summed E-state index contributed by atoms with van der Waals surface area (Å²) >= 11 is 0. The van der Waals surface area contributed by atoms with Crippen molar-refractivity contribution in [1.82, 2.24) is 9.80 Å². The van der Waals surface area contributed by atoms with E-state index in [1.807, 2.05) is 37.4 Å². The molecule has 2 aromatic carbocycles. The van der Waals surface area contributed by atoms with E-state index in [9.17, 15) is 9.59 Å². The molecule has 1 heterocycles. The topological polar surface area (TPSA) is 68.3 Å². The van der Waals surface area contributed by atoms with Gasteiger partial charge < -0.3 is 24.0 Å². The molecule has 166 valence electrons. The maximum Gasteiger partial charge on any atom is 0.254 e. The highest BCUT2D eigenvalue weighted by Crippen LogP contribution is 2.38. The summed E-state index contributed by atoms with van der Waals surface area (Å²) in [6.07, 6.45) is 1.29. The molecule has 2 amide bonds. The van der Waals surface area contributed by atoms with Crippen LogP contribution in [-0.2, 0) is 11.3 Å². The van der Waals surface area contributed by atoms with E-state index in [1.54, 1.807) is 21.9 Å². The number of nitrogens with zero attached hydrogens (tertiary/aromatic N) is 2. The average Bonchev–Trinajstić information content (AvgIpc) is 2.82. The molecule has 0 radical (unpaired) electrons. The van der Waals surface area contributed by atoms with Gasteiger partial charge in [0.1, 0.15) is 0 Å². The first-order valence-corrected chi connectivity index (χ1v) is 10.4. The van der Waals surface area contributed by atoms with Crippen molar-refractivity contribution in [1.29, 1.82) is 0 Å². The van der Waals surface area contributed by atoms with Crippen LogP contribution < -0.4 is 14.2 Å². The molecule has 0 saturated carbocycles. The fourth-order valence-electron chi connectivity index (χ4n) is 3.96. The minimum absolute atomic E-state index is 0.0716. The zero-order chi connectivity index (χ0) is 22.4. The van der Waals surface area contributed by atoms with Gasteiger partial charge >= 0.3 is 0 Å². The summed E-state index contributed by atoms with van der Waals surface area (Å²) < 4.78 is 16.0. The third kappa shape index (κ3) is 5.10. The lowest BCUT2D eigenvalue weighted by Crippen LogP contribution is -2.43. The van der Waals surface area contributed by atoms with Gasteiger partial charge in [-0.05, 0) is 30.5 Å². The van der Waals surface area contributed by atoms with Gasteiger partial charge in [-0.25, -0.2) is 0 Å². The standard InChI is InChI=1S/C24H30N2O5/c1-25(16-17-8-6-5-7-9-17)23(27)18-10-12-26(13-11-18)24(28)19-14-20(29-2)22(31-4)21(15-19)30-3/h5-9,14-15,18H,10-13,16H2,1-4H3. The first-order chi connectivity index (χ1) is 15.0. The lowest BCUT2D eigenvalue weighted by Gasteiger charge is -2.33. The molecule has 0 spiro atoms. The third-order valence-electron chi connectivity index (χ3n) is 5.68. The molecule has 0 bridgehead atoms. The molecular weight excluding hydrogens is 396 g/mol. The maximum absolute atomic E-state index is 13.1. The molecule has 0 atom stereocenters. The van der Waals surface area contributed by atoms with E-state index in [-0.39, 0.29) is 17.7 Å². The highest BCUT2D eigenvalue weighted by Gasteiger charge is 2.30. The molecule has 3 rings (SSSR count). The summed E-state index contributed by atoms with van der Waals surface area (Å²) in [5, 5.41) is 0. The van der Waals surface area contributed by atoms with E-state index >= 15 is 0 Å². The van der Waals surface area contributed by atoms with E-state index in [2.05, 4.69) is 0 Å². The number of likely N-dealkylation sites (tertiary alicyclic amines) is 1. The van der Waals surface area contributed by atoms with Crippen LogP contribution >= 0.6 is 0 Å². The average molecular weight is 427 g/mol. The predicted molar refractivity (Wildman–Crippen MR) is 118 cm³/mol. The molecule has 0 aromatic heterocycles. The monoisotopic (exact) mass is 426 g/mol. The first kappa shape index (κ1) is 22.5. The SMILES string of the molecule is COc1cc(C(=O)N2CCC(C(=O)N(C)Cc3ccccc3)CC2)cc(OC)c1OC. The van der Waals surface area contributed by atoms with Crippen LogP contribution in [-0.4, -0.2) is 63.1 Å². The molecule has 0 unspecified atom stereocenters. The molecule has 7 nitrogen and oxygen atoms in total. The summed E-state index contributed by atoms with van der Waals surface area (Å²) in [7, 11) is 6.41. The first-order valence-electron chi connectivity index (χ1n) is 10.4. The van der Waals surface area contributed by atoms with Gasteiger partial charge in [0.2, 0.25) is 11.7 Å². The number of methoxy groups -OCH3 is 3. The van der Waals surface area contributed by atoms with Crippen molar-refractivity contribution in [3.63, 3.8) is 0 Å². The summed E-state index contributed by atoms with van der Waals surface area (Å²) in [5.74, 6) is 1.28. The number of carbonyl (C=O) groups excluding carboxylic acids is 2. The molecule has 31 heavy (non-hydrogen) atoms. The number of ether oxygens (including phenoxy) is 3. The lowest BCUT2D eigenvalue weighted by atomic mass is 9.94. The predicted octanol–water partition coefficient (Wildman–Crippen LogP) is 3.22. The van der Waals surface area contributed by atoms with Crippen LogP contribution in [0, 0.1) is 5.92 Å². The van der Waals surface area contributed by atoms with Crippen molar-refractivity contribution in [3.8, 4) is 17.2 Å². The third-order valence-corrected chi connectivity index (χ3v) is 5.68. The van der Waals surface area contributed by atoms with Gasteiger partial charge in [-0.3, -0.25) is 9.59 Å². The van der Waals surface area contributed by atoms with Gasteiger partial charge in [-0.15, -0.1) is 0 Å². The number of amides is 2. The second-order valence-electron chi connectivity index (χ2n) is 7.66. The normalized spacial score (nSPS) is 14.1. The zero-order valence-corrected chi connectivity index (χ0v) is 18.6. The van der Waals surface area contributed by atoms with Gasteiger partial charge in [-0.1, -0.05) is 30.3 Å². The van der Waals surface area contributed by atoms with Crippen LogP contribution in [0.2, 0.25) is 0 Å². The van der Waals surface area contributed by atoms with Gasteiger partial charge in [0.25, 0.3) is 5.91 Å². The van der Waals surface area contributed by atoms with Crippen molar-refractivity contribution >= 4 is 11.8 Å². The van der Waals surface area contributed by atoms with Gasteiger partial charge in [0.15, 0.2) is 11.5 Å². The van der Waals surface area contributed by atoms with Crippen molar-refractivity contribution in [2.24, 2.45) is 5.92 Å². The molecule has 1 aliphatic heterocycles. The van der Waals surface area contributed by atoms with E-state index in [0.29, 0.717) is 55.3 Å². The Morgan fingerprint density at radius 1 is 0.968 bits per heavy atom. The van der Waals surface area contributed by atoms with Crippen LogP contribution in [0.4, 0.5) is 0 Å². The van der Waals surface area contributed by atoms with Crippen molar-refractivity contribution in [2.75, 3.05) is 41.5 Å². The lowest BCUT2D eigenvalue weighted by molar-refractivity contribution is -0.136. The van der Waals surface area contributed by atoms with Crippen LogP contribution in [0.3, 0.4) is 0 Å². The minimum Gasteiger partial charge on any atom is -0.493 e. The van der Waals surface area contributed by atoms with Gasteiger partial charge in [0, 0.05) is 38.2 Å². The second kappa shape index (κ2) is 10.2. The smallest absolute Gasteiger partial charge is 0.254 e. The fourth-order valence-corrected chi connectivity index (χ4v) is 3.96. The highest BCUT2D eigenvalue weighted by molar-refractivity contribution is 5.96. The van der Waals surface area contributed by atoms with E-state index < -0.39 is 0 Å². The molecule has 0 N–H and O–H groups in total. The van der Waals surface area contributed by atoms with E-state index in [0.717, 1.165) is 5.56 Å².